The highest BCUT2D eigenvalue weighted by Gasteiger charge is 2.11. The Morgan fingerprint density at radius 2 is 1.86 bits per heavy atom. The van der Waals surface area contributed by atoms with E-state index >= 15 is 0 Å². The first-order valence-corrected chi connectivity index (χ1v) is 7.22. The van der Waals surface area contributed by atoms with Crippen molar-refractivity contribution >= 4 is 5.91 Å². The Hall–Kier alpha value is -2.49. The molecule has 0 fully saturated rings. The first-order valence-electron chi connectivity index (χ1n) is 7.22. The number of amides is 1. The second-order valence-electron chi connectivity index (χ2n) is 5.11. The molecule has 0 aliphatic heterocycles. The lowest BCUT2D eigenvalue weighted by molar-refractivity contribution is -0.123. The summed E-state index contributed by atoms with van der Waals surface area (Å²) in [4.78, 5) is 12.0. The maximum absolute atomic E-state index is 12.0. The first-order chi connectivity index (χ1) is 10.6. The predicted molar refractivity (Wildman–Crippen MR) is 86.2 cm³/mol. The minimum Gasteiger partial charge on any atom is -0.497 e. The molecule has 1 atom stereocenters. The van der Waals surface area contributed by atoms with Crippen LogP contribution >= 0.6 is 0 Å². The Balaban J connectivity index is 1.89. The van der Waals surface area contributed by atoms with Crippen LogP contribution in [-0.4, -0.2) is 19.6 Å². The third-order valence-electron chi connectivity index (χ3n) is 3.44. The van der Waals surface area contributed by atoms with Gasteiger partial charge in [0, 0.05) is 6.07 Å². The van der Waals surface area contributed by atoms with Crippen molar-refractivity contribution in [2.75, 3.05) is 13.7 Å². The van der Waals surface area contributed by atoms with Gasteiger partial charge in [-0.3, -0.25) is 4.79 Å². The molecule has 2 aromatic carbocycles. The van der Waals surface area contributed by atoms with Crippen molar-refractivity contribution < 1.29 is 14.3 Å². The zero-order valence-electron chi connectivity index (χ0n) is 13.1. The summed E-state index contributed by atoms with van der Waals surface area (Å²) in [6.45, 7) is 3.97. The fourth-order valence-corrected chi connectivity index (χ4v) is 2.27. The van der Waals surface area contributed by atoms with E-state index in [0.717, 1.165) is 11.1 Å². The van der Waals surface area contributed by atoms with Gasteiger partial charge in [0.1, 0.15) is 11.5 Å². The van der Waals surface area contributed by atoms with Crippen LogP contribution in [0.1, 0.15) is 24.1 Å². The molecule has 1 N–H and O–H groups in total. The van der Waals surface area contributed by atoms with Crippen molar-refractivity contribution in [2.24, 2.45) is 0 Å². The summed E-state index contributed by atoms with van der Waals surface area (Å²) in [7, 11) is 1.59. The molecule has 1 unspecified atom stereocenters. The molecule has 0 aliphatic carbocycles. The first kappa shape index (κ1) is 15.9. The Bertz CT molecular complexity index is 640. The van der Waals surface area contributed by atoms with E-state index < -0.39 is 0 Å². The summed E-state index contributed by atoms with van der Waals surface area (Å²) in [5, 5.41) is 2.94. The summed E-state index contributed by atoms with van der Waals surface area (Å²) in [6.07, 6.45) is 0. The highest BCUT2D eigenvalue weighted by molar-refractivity contribution is 5.78. The van der Waals surface area contributed by atoms with E-state index in [2.05, 4.69) is 5.32 Å². The van der Waals surface area contributed by atoms with E-state index in [1.165, 1.54) is 0 Å². The van der Waals surface area contributed by atoms with Crippen LogP contribution in [0.15, 0.2) is 48.5 Å². The van der Waals surface area contributed by atoms with Crippen LogP contribution in [0.25, 0.3) is 0 Å². The summed E-state index contributed by atoms with van der Waals surface area (Å²) in [5.41, 5.74) is 2.27. The summed E-state index contributed by atoms with van der Waals surface area (Å²) in [6, 6.07) is 15.1. The lowest BCUT2D eigenvalue weighted by atomic mass is 10.0. The minimum atomic E-state index is -0.154. The summed E-state index contributed by atoms with van der Waals surface area (Å²) in [5.74, 6) is 1.16. The van der Waals surface area contributed by atoms with Gasteiger partial charge in [-0.1, -0.05) is 30.3 Å². The largest absolute Gasteiger partial charge is 0.497 e. The molecule has 0 heterocycles. The molecule has 2 aromatic rings. The van der Waals surface area contributed by atoms with Crippen molar-refractivity contribution in [3.05, 3.63) is 59.7 Å². The number of nitrogens with one attached hydrogen (secondary N) is 1. The molecular weight excluding hydrogens is 278 g/mol. The maximum atomic E-state index is 12.0. The van der Waals surface area contributed by atoms with Crippen LogP contribution in [-0.2, 0) is 4.79 Å². The fourth-order valence-electron chi connectivity index (χ4n) is 2.27. The molecular formula is C18H21NO3. The molecule has 1 amide bonds. The normalized spacial score (nSPS) is 11.6. The second kappa shape index (κ2) is 7.50. The smallest absolute Gasteiger partial charge is 0.258 e. The van der Waals surface area contributed by atoms with Gasteiger partial charge in [-0.2, -0.15) is 0 Å². The number of rotatable bonds is 6. The number of benzene rings is 2. The lowest BCUT2D eigenvalue weighted by Crippen LogP contribution is -2.31. The van der Waals surface area contributed by atoms with Gasteiger partial charge in [-0.15, -0.1) is 0 Å². The molecule has 0 radical (unpaired) electrons. The van der Waals surface area contributed by atoms with Gasteiger partial charge >= 0.3 is 0 Å². The molecule has 0 spiro atoms. The van der Waals surface area contributed by atoms with Gasteiger partial charge in [0.2, 0.25) is 0 Å². The van der Waals surface area contributed by atoms with E-state index in [-0.39, 0.29) is 18.6 Å². The van der Waals surface area contributed by atoms with Crippen molar-refractivity contribution in [2.45, 2.75) is 19.9 Å². The number of hydrogen-bond acceptors (Lipinski definition) is 3. The number of methoxy groups -OCH3 is 1. The van der Waals surface area contributed by atoms with E-state index in [1.54, 1.807) is 19.2 Å². The number of aryl methyl sites for hydroxylation is 1. The Kier molecular flexibility index (Phi) is 5.42. The van der Waals surface area contributed by atoms with Crippen LogP contribution in [0.2, 0.25) is 0 Å². The third kappa shape index (κ3) is 4.25. The Morgan fingerprint density at radius 3 is 2.59 bits per heavy atom. The summed E-state index contributed by atoms with van der Waals surface area (Å²) < 4.78 is 10.6. The molecule has 4 nitrogen and oxygen atoms in total. The van der Waals surface area contributed by atoms with Crippen molar-refractivity contribution in [1.29, 1.82) is 0 Å². The Labute approximate surface area is 131 Å². The predicted octanol–water partition coefficient (Wildman–Crippen LogP) is 3.26. The quantitative estimate of drug-likeness (QED) is 0.890. The van der Waals surface area contributed by atoms with Gasteiger partial charge in [-0.25, -0.2) is 0 Å². The number of carbonyl (C=O) groups excluding carboxylic acids is 1. The second-order valence-corrected chi connectivity index (χ2v) is 5.11. The molecule has 4 heteroatoms. The van der Waals surface area contributed by atoms with Gasteiger partial charge < -0.3 is 14.8 Å². The Morgan fingerprint density at radius 1 is 1.14 bits per heavy atom. The van der Waals surface area contributed by atoms with Gasteiger partial charge in [-0.05, 0) is 37.1 Å². The average Bonchev–Trinajstić information content (AvgIpc) is 2.53. The third-order valence-corrected chi connectivity index (χ3v) is 3.44. The van der Waals surface area contributed by atoms with Crippen molar-refractivity contribution in [3.63, 3.8) is 0 Å². The standard InChI is InChI=1S/C18H21NO3/c1-13-7-4-5-10-17(13)14(2)19-18(20)12-22-16-9-6-8-15(11-16)21-3/h4-11,14H,12H2,1-3H3,(H,19,20). The maximum Gasteiger partial charge on any atom is 0.258 e. The van der Waals surface area contributed by atoms with Gasteiger partial charge in [0.05, 0.1) is 13.2 Å². The number of carbonyl (C=O) groups is 1. The summed E-state index contributed by atoms with van der Waals surface area (Å²) >= 11 is 0. The molecule has 0 aromatic heterocycles. The SMILES string of the molecule is COc1cccc(OCC(=O)NC(C)c2ccccc2C)c1. The molecule has 0 aliphatic rings. The van der Waals surface area contributed by atoms with Crippen molar-refractivity contribution in [1.82, 2.24) is 5.32 Å². The topological polar surface area (TPSA) is 47.6 Å². The van der Waals surface area contributed by atoms with E-state index in [0.29, 0.717) is 11.5 Å². The van der Waals surface area contributed by atoms with Crippen LogP contribution < -0.4 is 14.8 Å². The monoisotopic (exact) mass is 299 g/mol. The molecule has 22 heavy (non-hydrogen) atoms. The van der Waals surface area contributed by atoms with E-state index in [1.807, 2.05) is 50.2 Å². The highest BCUT2D eigenvalue weighted by Crippen LogP contribution is 2.19. The minimum absolute atomic E-state index is 0.0244. The highest BCUT2D eigenvalue weighted by atomic mass is 16.5. The fraction of sp³-hybridized carbons (Fsp3) is 0.278. The number of ether oxygens (including phenoxy) is 2. The van der Waals surface area contributed by atoms with E-state index in [9.17, 15) is 4.79 Å². The lowest BCUT2D eigenvalue weighted by Gasteiger charge is -2.16. The van der Waals surface area contributed by atoms with E-state index in [4.69, 9.17) is 9.47 Å². The zero-order chi connectivity index (χ0) is 15.9. The van der Waals surface area contributed by atoms with Crippen LogP contribution in [0, 0.1) is 6.92 Å². The molecule has 0 saturated heterocycles. The average molecular weight is 299 g/mol. The van der Waals surface area contributed by atoms with Crippen LogP contribution in [0.5, 0.6) is 11.5 Å². The molecule has 0 saturated carbocycles. The zero-order valence-corrected chi connectivity index (χ0v) is 13.1. The van der Waals surface area contributed by atoms with Crippen LogP contribution in [0.4, 0.5) is 0 Å². The van der Waals surface area contributed by atoms with Gasteiger partial charge in [0.15, 0.2) is 6.61 Å². The number of hydrogen-bond donors (Lipinski definition) is 1. The molecule has 0 bridgehead atoms. The molecule has 116 valence electrons. The van der Waals surface area contributed by atoms with Crippen molar-refractivity contribution in [3.8, 4) is 11.5 Å². The molecule has 2 rings (SSSR count). The van der Waals surface area contributed by atoms with Crippen LogP contribution in [0.3, 0.4) is 0 Å². The van der Waals surface area contributed by atoms with Gasteiger partial charge in [0.25, 0.3) is 5.91 Å².